The minimum atomic E-state index is -0.437. The lowest BCUT2D eigenvalue weighted by molar-refractivity contribution is -0.383. The number of piperazine rings is 1. The SMILES string of the molecule is C[C@@H]1CN(c2ccc(N)c([N+](=O)[O-])c2)C[C@H](C)N1. The van der Waals surface area contributed by atoms with Gasteiger partial charge in [0.25, 0.3) is 5.69 Å². The Morgan fingerprint density at radius 1 is 1.39 bits per heavy atom. The van der Waals surface area contributed by atoms with Gasteiger partial charge in [-0.1, -0.05) is 0 Å². The zero-order chi connectivity index (χ0) is 13.3. The minimum absolute atomic E-state index is 0.0219. The molecule has 1 aliphatic rings. The van der Waals surface area contributed by atoms with Crippen LogP contribution in [0.15, 0.2) is 18.2 Å². The molecule has 1 heterocycles. The molecule has 1 aliphatic heterocycles. The van der Waals surface area contributed by atoms with Gasteiger partial charge in [-0.2, -0.15) is 0 Å². The first kappa shape index (κ1) is 12.6. The van der Waals surface area contributed by atoms with E-state index in [9.17, 15) is 10.1 Å². The average Bonchev–Trinajstić information content (AvgIpc) is 2.27. The summed E-state index contributed by atoms with van der Waals surface area (Å²) in [6.45, 7) is 5.89. The molecule has 1 saturated heterocycles. The van der Waals surface area contributed by atoms with Crippen molar-refractivity contribution in [1.29, 1.82) is 0 Å². The quantitative estimate of drug-likeness (QED) is 0.470. The molecule has 6 heteroatoms. The van der Waals surface area contributed by atoms with Gasteiger partial charge in [0.05, 0.1) is 4.92 Å². The molecule has 1 fully saturated rings. The van der Waals surface area contributed by atoms with Crippen LogP contribution in [0.25, 0.3) is 0 Å². The van der Waals surface area contributed by atoms with Gasteiger partial charge in [0.2, 0.25) is 0 Å². The van der Waals surface area contributed by atoms with E-state index in [-0.39, 0.29) is 11.4 Å². The van der Waals surface area contributed by atoms with Gasteiger partial charge in [-0.05, 0) is 26.0 Å². The number of nitrogens with two attached hydrogens (primary N) is 1. The van der Waals surface area contributed by atoms with Crippen LogP contribution < -0.4 is 16.0 Å². The Morgan fingerprint density at radius 2 is 2.00 bits per heavy atom. The van der Waals surface area contributed by atoms with Crippen LogP contribution in [0.1, 0.15) is 13.8 Å². The summed E-state index contributed by atoms with van der Waals surface area (Å²) in [6.07, 6.45) is 0. The van der Waals surface area contributed by atoms with Crippen LogP contribution in [0.3, 0.4) is 0 Å². The summed E-state index contributed by atoms with van der Waals surface area (Å²) in [4.78, 5) is 12.6. The molecular formula is C12H18N4O2. The number of nitrogens with one attached hydrogen (secondary N) is 1. The zero-order valence-corrected chi connectivity index (χ0v) is 10.6. The lowest BCUT2D eigenvalue weighted by atomic mass is 10.1. The Kier molecular flexibility index (Phi) is 3.38. The molecule has 6 nitrogen and oxygen atoms in total. The zero-order valence-electron chi connectivity index (χ0n) is 10.6. The van der Waals surface area contributed by atoms with Crippen LogP contribution in [-0.4, -0.2) is 30.1 Å². The summed E-state index contributed by atoms with van der Waals surface area (Å²) in [5, 5.41) is 14.3. The number of nitrogens with zero attached hydrogens (tertiary/aromatic N) is 2. The number of anilines is 2. The molecule has 18 heavy (non-hydrogen) atoms. The summed E-state index contributed by atoms with van der Waals surface area (Å²) >= 11 is 0. The largest absolute Gasteiger partial charge is 0.393 e. The smallest absolute Gasteiger partial charge is 0.294 e. The van der Waals surface area contributed by atoms with E-state index < -0.39 is 4.92 Å². The van der Waals surface area contributed by atoms with Crippen molar-refractivity contribution < 1.29 is 4.92 Å². The van der Waals surface area contributed by atoms with Crippen molar-refractivity contribution in [3.05, 3.63) is 28.3 Å². The van der Waals surface area contributed by atoms with Gasteiger partial charge in [0, 0.05) is 36.9 Å². The summed E-state index contributed by atoms with van der Waals surface area (Å²) in [5.74, 6) is 0. The Labute approximate surface area is 106 Å². The lowest BCUT2D eigenvalue weighted by Crippen LogP contribution is -2.54. The fraction of sp³-hybridized carbons (Fsp3) is 0.500. The standard InChI is InChI=1S/C12H18N4O2/c1-8-6-15(7-9(2)14-8)10-3-4-11(13)12(5-10)16(17)18/h3-5,8-9,14H,6-7,13H2,1-2H3/t8-,9+. The molecule has 2 rings (SSSR count). The predicted molar refractivity (Wildman–Crippen MR) is 71.8 cm³/mol. The number of benzene rings is 1. The van der Waals surface area contributed by atoms with Crippen molar-refractivity contribution in [2.24, 2.45) is 0 Å². The van der Waals surface area contributed by atoms with Gasteiger partial charge in [0.1, 0.15) is 5.69 Å². The second-order valence-corrected chi connectivity index (χ2v) is 4.87. The number of nitrogen functional groups attached to an aromatic ring is 1. The summed E-state index contributed by atoms with van der Waals surface area (Å²) in [5.41, 5.74) is 6.65. The molecule has 0 amide bonds. The third-order valence-corrected chi connectivity index (χ3v) is 3.13. The number of nitro groups is 1. The van der Waals surface area contributed by atoms with Crippen LogP contribution >= 0.6 is 0 Å². The number of hydrogen-bond donors (Lipinski definition) is 2. The Morgan fingerprint density at radius 3 is 2.56 bits per heavy atom. The Bertz CT molecular complexity index is 453. The molecule has 0 radical (unpaired) electrons. The van der Waals surface area contributed by atoms with Crippen LogP contribution in [0, 0.1) is 10.1 Å². The van der Waals surface area contributed by atoms with E-state index in [4.69, 9.17) is 5.73 Å². The summed E-state index contributed by atoms with van der Waals surface area (Å²) in [7, 11) is 0. The molecule has 1 aromatic rings. The summed E-state index contributed by atoms with van der Waals surface area (Å²) < 4.78 is 0. The van der Waals surface area contributed by atoms with Gasteiger partial charge in [-0.15, -0.1) is 0 Å². The van der Waals surface area contributed by atoms with E-state index in [1.165, 1.54) is 0 Å². The van der Waals surface area contributed by atoms with Crippen LogP contribution in [0.4, 0.5) is 17.1 Å². The van der Waals surface area contributed by atoms with E-state index in [1.54, 1.807) is 12.1 Å². The first-order valence-electron chi connectivity index (χ1n) is 6.02. The van der Waals surface area contributed by atoms with Crippen LogP contribution in [0.5, 0.6) is 0 Å². The molecular weight excluding hydrogens is 232 g/mol. The molecule has 0 aromatic heterocycles. The Balaban J connectivity index is 2.28. The van der Waals surface area contributed by atoms with E-state index in [0.29, 0.717) is 12.1 Å². The molecule has 1 aromatic carbocycles. The normalized spacial score (nSPS) is 24.0. The highest BCUT2D eigenvalue weighted by Crippen LogP contribution is 2.28. The van der Waals surface area contributed by atoms with E-state index in [1.807, 2.05) is 6.07 Å². The van der Waals surface area contributed by atoms with E-state index in [2.05, 4.69) is 24.1 Å². The van der Waals surface area contributed by atoms with Crippen molar-refractivity contribution >= 4 is 17.1 Å². The maximum atomic E-state index is 10.9. The first-order chi connectivity index (χ1) is 8.47. The van der Waals surface area contributed by atoms with E-state index >= 15 is 0 Å². The van der Waals surface area contributed by atoms with Crippen LogP contribution in [0.2, 0.25) is 0 Å². The van der Waals surface area contributed by atoms with Crippen molar-refractivity contribution in [2.45, 2.75) is 25.9 Å². The van der Waals surface area contributed by atoms with Crippen molar-refractivity contribution in [2.75, 3.05) is 23.7 Å². The van der Waals surface area contributed by atoms with Gasteiger partial charge in [-0.3, -0.25) is 10.1 Å². The van der Waals surface area contributed by atoms with Crippen molar-refractivity contribution in [1.82, 2.24) is 5.32 Å². The molecule has 0 unspecified atom stereocenters. The van der Waals surface area contributed by atoms with Gasteiger partial charge >= 0.3 is 0 Å². The lowest BCUT2D eigenvalue weighted by Gasteiger charge is -2.37. The molecule has 0 spiro atoms. The minimum Gasteiger partial charge on any atom is -0.393 e. The predicted octanol–water partition coefficient (Wildman–Crippen LogP) is 1.36. The van der Waals surface area contributed by atoms with E-state index in [0.717, 1.165) is 18.8 Å². The van der Waals surface area contributed by atoms with Crippen molar-refractivity contribution in [3.63, 3.8) is 0 Å². The second kappa shape index (κ2) is 4.81. The highest BCUT2D eigenvalue weighted by Gasteiger charge is 2.23. The molecule has 3 N–H and O–H groups in total. The highest BCUT2D eigenvalue weighted by molar-refractivity contribution is 5.66. The summed E-state index contributed by atoms with van der Waals surface area (Å²) in [6, 6.07) is 5.73. The van der Waals surface area contributed by atoms with Crippen LogP contribution in [-0.2, 0) is 0 Å². The average molecular weight is 250 g/mol. The fourth-order valence-electron chi connectivity index (χ4n) is 2.42. The van der Waals surface area contributed by atoms with Crippen molar-refractivity contribution in [3.8, 4) is 0 Å². The third-order valence-electron chi connectivity index (χ3n) is 3.13. The molecule has 0 aliphatic carbocycles. The molecule has 2 atom stereocenters. The monoisotopic (exact) mass is 250 g/mol. The maximum Gasteiger partial charge on any atom is 0.294 e. The topological polar surface area (TPSA) is 84.4 Å². The molecule has 0 saturated carbocycles. The van der Waals surface area contributed by atoms with Gasteiger partial charge in [-0.25, -0.2) is 0 Å². The molecule has 98 valence electrons. The van der Waals surface area contributed by atoms with Gasteiger partial charge < -0.3 is 16.0 Å². The number of hydrogen-bond acceptors (Lipinski definition) is 5. The maximum absolute atomic E-state index is 10.9. The first-order valence-corrected chi connectivity index (χ1v) is 6.02. The third kappa shape index (κ3) is 2.53. The number of nitro benzene ring substituents is 1. The molecule has 0 bridgehead atoms. The Hall–Kier alpha value is -1.82. The number of rotatable bonds is 2. The fourth-order valence-corrected chi connectivity index (χ4v) is 2.42. The highest BCUT2D eigenvalue weighted by atomic mass is 16.6. The van der Waals surface area contributed by atoms with Gasteiger partial charge in [0.15, 0.2) is 0 Å². The second-order valence-electron chi connectivity index (χ2n) is 4.87.